The summed E-state index contributed by atoms with van der Waals surface area (Å²) < 4.78 is 37.9. The number of hydrogen-bond donors (Lipinski definition) is 1. The van der Waals surface area contributed by atoms with Crippen molar-refractivity contribution < 1.29 is 13.2 Å². The number of halogens is 5. The van der Waals surface area contributed by atoms with Gasteiger partial charge in [-0.3, -0.25) is 9.97 Å². The van der Waals surface area contributed by atoms with Crippen LogP contribution in [-0.2, 0) is 0 Å². The molecule has 1 heterocycles. The Morgan fingerprint density at radius 1 is 1.10 bits per heavy atom. The number of benzene rings is 1. The lowest BCUT2D eigenvalue weighted by atomic mass is 10.0. The first-order chi connectivity index (χ1) is 9.32. The molecule has 1 unspecified atom stereocenters. The third-order valence-corrected chi connectivity index (χ3v) is 3.54. The number of nitrogens with zero attached hydrogens (tertiary/aromatic N) is 2. The molecule has 0 saturated carbocycles. The number of nitrogens with two attached hydrogens (primary N) is 1. The van der Waals surface area contributed by atoms with Crippen LogP contribution in [0.25, 0.3) is 11.3 Å². The van der Waals surface area contributed by atoms with Crippen molar-refractivity contribution in [3.8, 4) is 11.3 Å². The summed E-state index contributed by atoms with van der Waals surface area (Å²) in [6, 6.07) is 0.388. The highest BCUT2D eigenvalue weighted by Gasteiger charge is 2.39. The number of hydrogen-bond acceptors (Lipinski definition) is 3. The number of alkyl halides is 3. The maximum Gasteiger partial charge on any atom is 0.407 e. The van der Waals surface area contributed by atoms with E-state index in [4.69, 9.17) is 28.9 Å². The third-order valence-electron chi connectivity index (χ3n) is 2.64. The van der Waals surface area contributed by atoms with E-state index in [0.29, 0.717) is 11.3 Å². The predicted octanol–water partition coefficient (Wildman–Crippen LogP) is 4.01. The molecule has 2 aromatic rings. The summed E-state index contributed by atoms with van der Waals surface area (Å²) in [4.78, 5) is 7.87. The van der Waals surface area contributed by atoms with E-state index < -0.39 is 12.2 Å². The molecule has 0 radical (unpaired) electrons. The SMILES string of the molecule is NC(c1ccc(-c2cnccn2)c(Cl)c1Cl)C(F)(F)F. The quantitative estimate of drug-likeness (QED) is 0.909. The average Bonchev–Trinajstić information content (AvgIpc) is 2.41. The van der Waals surface area contributed by atoms with Crippen molar-refractivity contribution in [2.45, 2.75) is 12.2 Å². The first-order valence-corrected chi connectivity index (χ1v) is 6.14. The lowest BCUT2D eigenvalue weighted by Crippen LogP contribution is -2.28. The normalized spacial score (nSPS) is 13.3. The van der Waals surface area contributed by atoms with Gasteiger partial charge in [-0.2, -0.15) is 13.2 Å². The molecule has 2 rings (SSSR count). The molecule has 0 saturated heterocycles. The van der Waals surface area contributed by atoms with Gasteiger partial charge in [-0.05, 0) is 5.56 Å². The zero-order chi connectivity index (χ0) is 14.9. The largest absolute Gasteiger partial charge is 0.407 e. The minimum Gasteiger partial charge on any atom is -0.316 e. The highest BCUT2D eigenvalue weighted by molar-refractivity contribution is 6.44. The topological polar surface area (TPSA) is 51.8 Å². The van der Waals surface area contributed by atoms with E-state index in [-0.39, 0.29) is 15.6 Å². The van der Waals surface area contributed by atoms with Crippen molar-refractivity contribution in [2.75, 3.05) is 0 Å². The van der Waals surface area contributed by atoms with Crippen molar-refractivity contribution in [1.82, 2.24) is 9.97 Å². The summed E-state index contributed by atoms with van der Waals surface area (Å²) in [5, 5.41) is -0.274. The zero-order valence-electron chi connectivity index (χ0n) is 9.83. The van der Waals surface area contributed by atoms with Crippen molar-refractivity contribution >= 4 is 23.2 Å². The van der Waals surface area contributed by atoms with Gasteiger partial charge in [0.2, 0.25) is 0 Å². The molecule has 0 aliphatic rings. The zero-order valence-corrected chi connectivity index (χ0v) is 11.3. The lowest BCUT2D eigenvalue weighted by Gasteiger charge is -2.18. The second-order valence-corrected chi connectivity index (χ2v) is 4.70. The second kappa shape index (κ2) is 5.55. The van der Waals surface area contributed by atoms with Gasteiger partial charge in [0.25, 0.3) is 0 Å². The fourth-order valence-electron chi connectivity index (χ4n) is 1.62. The summed E-state index contributed by atoms with van der Waals surface area (Å²) in [5.41, 5.74) is 5.65. The molecule has 1 aromatic carbocycles. The summed E-state index contributed by atoms with van der Waals surface area (Å²) in [5.74, 6) is 0. The monoisotopic (exact) mass is 321 g/mol. The molecule has 1 aromatic heterocycles. The van der Waals surface area contributed by atoms with Crippen LogP contribution in [0.2, 0.25) is 10.0 Å². The van der Waals surface area contributed by atoms with Gasteiger partial charge in [0.05, 0.1) is 21.9 Å². The van der Waals surface area contributed by atoms with E-state index in [1.165, 1.54) is 30.7 Å². The first-order valence-electron chi connectivity index (χ1n) is 5.39. The van der Waals surface area contributed by atoms with Crippen LogP contribution < -0.4 is 5.73 Å². The molecule has 0 amide bonds. The van der Waals surface area contributed by atoms with Crippen LogP contribution in [0.15, 0.2) is 30.7 Å². The molecule has 0 bridgehead atoms. The highest BCUT2D eigenvalue weighted by atomic mass is 35.5. The number of rotatable bonds is 2. The Morgan fingerprint density at radius 3 is 2.35 bits per heavy atom. The molecule has 20 heavy (non-hydrogen) atoms. The summed E-state index contributed by atoms with van der Waals surface area (Å²) in [6.45, 7) is 0. The lowest BCUT2D eigenvalue weighted by molar-refractivity contribution is -0.149. The Labute approximate surface area is 122 Å². The molecular formula is C12H8Cl2F3N3. The molecule has 2 N–H and O–H groups in total. The Bertz CT molecular complexity index is 617. The van der Waals surface area contributed by atoms with Crippen molar-refractivity contribution in [3.05, 3.63) is 46.3 Å². The molecule has 106 valence electrons. The minimum absolute atomic E-state index is 0.0376. The van der Waals surface area contributed by atoms with Crippen molar-refractivity contribution in [3.63, 3.8) is 0 Å². The molecule has 0 aliphatic heterocycles. The molecule has 8 heteroatoms. The summed E-state index contributed by atoms with van der Waals surface area (Å²) in [6.07, 6.45) is -0.260. The van der Waals surface area contributed by atoms with Crippen molar-refractivity contribution in [2.24, 2.45) is 5.73 Å². The first kappa shape index (κ1) is 15.0. The van der Waals surface area contributed by atoms with Crippen LogP contribution in [-0.4, -0.2) is 16.1 Å². The Balaban J connectivity index is 2.51. The molecule has 3 nitrogen and oxygen atoms in total. The van der Waals surface area contributed by atoms with Gasteiger partial charge in [0.15, 0.2) is 0 Å². The maximum atomic E-state index is 12.6. The molecule has 0 spiro atoms. The molecular weight excluding hydrogens is 314 g/mol. The van der Waals surface area contributed by atoms with Gasteiger partial charge < -0.3 is 5.73 Å². The van der Waals surface area contributed by atoms with Crippen molar-refractivity contribution in [1.29, 1.82) is 0 Å². The molecule has 0 aliphatic carbocycles. The Hall–Kier alpha value is -1.37. The average molecular weight is 322 g/mol. The third kappa shape index (κ3) is 2.87. The summed E-state index contributed by atoms with van der Waals surface area (Å²) in [7, 11) is 0. The van der Waals surface area contributed by atoms with Crippen LogP contribution in [0, 0.1) is 0 Å². The maximum absolute atomic E-state index is 12.6. The van der Waals surface area contributed by atoms with E-state index in [0.717, 1.165) is 0 Å². The Kier molecular flexibility index (Phi) is 4.17. The molecule has 0 fully saturated rings. The standard InChI is InChI=1S/C12H8Cl2F3N3/c13-9-6(8-5-19-3-4-20-8)1-2-7(10(9)14)11(18)12(15,16)17/h1-5,11H,18H2. The number of aromatic nitrogens is 2. The van der Waals surface area contributed by atoms with Crippen LogP contribution in [0.3, 0.4) is 0 Å². The smallest absolute Gasteiger partial charge is 0.316 e. The van der Waals surface area contributed by atoms with E-state index >= 15 is 0 Å². The van der Waals surface area contributed by atoms with Gasteiger partial charge in [-0.25, -0.2) is 0 Å². The minimum atomic E-state index is -4.60. The van der Waals surface area contributed by atoms with E-state index in [9.17, 15) is 13.2 Å². The van der Waals surface area contributed by atoms with Gasteiger partial charge in [-0.1, -0.05) is 35.3 Å². The van der Waals surface area contributed by atoms with Gasteiger partial charge in [-0.15, -0.1) is 0 Å². The van der Waals surface area contributed by atoms with Crippen LogP contribution in [0.4, 0.5) is 13.2 Å². The van der Waals surface area contributed by atoms with Gasteiger partial charge in [0, 0.05) is 18.0 Å². The van der Waals surface area contributed by atoms with E-state index in [1.807, 2.05) is 0 Å². The fraction of sp³-hybridized carbons (Fsp3) is 0.167. The van der Waals surface area contributed by atoms with Crippen LogP contribution in [0.5, 0.6) is 0 Å². The van der Waals surface area contributed by atoms with E-state index in [2.05, 4.69) is 9.97 Å². The summed E-state index contributed by atoms with van der Waals surface area (Å²) >= 11 is 11.9. The van der Waals surface area contributed by atoms with Crippen LogP contribution >= 0.6 is 23.2 Å². The van der Waals surface area contributed by atoms with Gasteiger partial charge >= 0.3 is 6.18 Å². The van der Waals surface area contributed by atoms with Crippen LogP contribution in [0.1, 0.15) is 11.6 Å². The Morgan fingerprint density at radius 2 is 1.80 bits per heavy atom. The van der Waals surface area contributed by atoms with Gasteiger partial charge in [0.1, 0.15) is 6.04 Å². The highest BCUT2D eigenvalue weighted by Crippen LogP contribution is 2.40. The second-order valence-electron chi connectivity index (χ2n) is 3.94. The predicted molar refractivity (Wildman–Crippen MR) is 70.5 cm³/mol. The molecule has 1 atom stereocenters. The fourth-order valence-corrected chi connectivity index (χ4v) is 2.17. The van der Waals surface area contributed by atoms with E-state index in [1.54, 1.807) is 0 Å².